The summed E-state index contributed by atoms with van der Waals surface area (Å²) in [6.45, 7) is 1.47. The van der Waals surface area contributed by atoms with E-state index in [4.69, 9.17) is 0 Å². The SMILES string of the molecule is CC(NS(=O)(=O)c1ccc(=O)[nH]c1)C(=O)NC1CC1. The highest BCUT2D eigenvalue weighted by Crippen LogP contribution is 2.18. The quantitative estimate of drug-likeness (QED) is 0.666. The van der Waals surface area contributed by atoms with Crippen LogP contribution in [0.5, 0.6) is 0 Å². The largest absolute Gasteiger partial charge is 0.352 e. The molecule has 1 fully saturated rings. The topological polar surface area (TPSA) is 108 Å². The maximum atomic E-state index is 11.9. The Labute approximate surface area is 110 Å². The van der Waals surface area contributed by atoms with Crippen molar-refractivity contribution < 1.29 is 13.2 Å². The van der Waals surface area contributed by atoms with E-state index >= 15 is 0 Å². The summed E-state index contributed by atoms with van der Waals surface area (Å²) in [5.41, 5.74) is -0.390. The zero-order chi connectivity index (χ0) is 14.0. The van der Waals surface area contributed by atoms with E-state index < -0.39 is 21.6 Å². The molecule has 8 heteroatoms. The van der Waals surface area contributed by atoms with Crippen molar-refractivity contribution in [1.29, 1.82) is 0 Å². The first-order valence-corrected chi connectivity index (χ1v) is 7.38. The second-order valence-corrected chi connectivity index (χ2v) is 6.23. The van der Waals surface area contributed by atoms with E-state index in [1.165, 1.54) is 13.0 Å². The number of pyridine rings is 1. The lowest BCUT2D eigenvalue weighted by molar-refractivity contribution is -0.122. The van der Waals surface area contributed by atoms with Gasteiger partial charge < -0.3 is 10.3 Å². The number of carbonyl (C=O) groups is 1. The number of H-pyrrole nitrogens is 1. The van der Waals surface area contributed by atoms with E-state index in [2.05, 4.69) is 15.0 Å². The standard InChI is InChI=1S/C11H15N3O4S/c1-7(11(16)13-8-2-3-8)14-19(17,18)9-4-5-10(15)12-6-9/h4-8,14H,2-3H2,1H3,(H,12,15)(H,13,16). The van der Waals surface area contributed by atoms with Gasteiger partial charge in [-0.25, -0.2) is 8.42 Å². The molecular formula is C11H15N3O4S. The van der Waals surface area contributed by atoms with Gasteiger partial charge in [-0.1, -0.05) is 0 Å². The Balaban J connectivity index is 2.05. The van der Waals surface area contributed by atoms with Crippen LogP contribution in [0, 0.1) is 0 Å². The Hall–Kier alpha value is -1.67. The molecule has 7 nitrogen and oxygen atoms in total. The first-order valence-electron chi connectivity index (χ1n) is 5.90. The number of sulfonamides is 1. The van der Waals surface area contributed by atoms with Crippen LogP contribution >= 0.6 is 0 Å². The Bertz CT molecular complexity index is 613. The van der Waals surface area contributed by atoms with Crippen molar-refractivity contribution in [2.24, 2.45) is 0 Å². The van der Waals surface area contributed by atoms with E-state index in [-0.39, 0.29) is 16.8 Å². The highest BCUT2D eigenvalue weighted by atomic mass is 32.2. The molecule has 19 heavy (non-hydrogen) atoms. The molecule has 1 heterocycles. The van der Waals surface area contributed by atoms with Crippen LogP contribution in [0.4, 0.5) is 0 Å². The van der Waals surface area contributed by atoms with E-state index in [1.807, 2.05) is 0 Å². The summed E-state index contributed by atoms with van der Waals surface area (Å²) in [5, 5.41) is 2.71. The fourth-order valence-electron chi connectivity index (χ4n) is 1.47. The van der Waals surface area contributed by atoms with E-state index in [0.29, 0.717) is 0 Å². The van der Waals surface area contributed by atoms with Crippen LogP contribution in [0.15, 0.2) is 28.0 Å². The molecule has 0 spiro atoms. The average Bonchev–Trinajstić information content (AvgIpc) is 3.12. The maximum absolute atomic E-state index is 11.9. The third kappa shape index (κ3) is 3.65. The average molecular weight is 285 g/mol. The molecule has 1 unspecified atom stereocenters. The van der Waals surface area contributed by atoms with Crippen molar-refractivity contribution >= 4 is 15.9 Å². The molecule has 1 aliphatic carbocycles. The molecule has 2 rings (SSSR count). The molecule has 1 aromatic rings. The fraction of sp³-hybridized carbons (Fsp3) is 0.455. The summed E-state index contributed by atoms with van der Waals surface area (Å²) < 4.78 is 26.2. The minimum Gasteiger partial charge on any atom is -0.352 e. The first kappa shape index (κ1) is 13.8. The molecule has 0 bridgehead atoms. The van der Waals surface area contributed by atoms with Crippen molar-refractivity contribution in [3.05, 3.63) is 28.7 Å². The summed E-state index contributed by atoms with van der Waals surface area (Å²) in [6, 6.07) is 1.61. The van der Waals surface area contributed by atoms with Crippen molar-refractivity contribution in [2.75, 3.05) is 0 Å². The Morgan fingerprint density at radius 3 is 2.63 bits per heavy atom. The molecule has 3 N–H and O–H groups in total. The fourth-order valence-corrected chi connectivity index (χ4v) is 2.64. The number of hydrogen-bond donors (Lipinski definition) is 3. The Morgan fingerprint density at radius 2 is 2.11 bits per heavy atom. The van der Waals surface area contributed by atoms with Gasteiger partial charge in [0.25, 0.3) is 0 Å². The van der Waals surface area contributed by atoms with E-state index in [0.717, 1.165) is 25.1 Å². The van der Waals surface area contributed by atoms with Crippen LogP contribution < -0.4 is 15.6 Å². The van der Waals surface area contributed by atoms with E-state index in [1.54, 1.807) is 0 Å². The van der Waals surface area contributed by atoms with Crippen LogP contribution in [-0.2, 0) is 14.8 Å². The number of amides is 1. The summed E-state index contributed by atoms with van der Waals surface area (Å²) in [5.74, 6) is -0.351. The summed E-state index contributed by atoms with van der Waals surface area (Å²) in [7, 11) is -3.82. The summed E-state index contributed by atoms with van der Waals surface area (Å²) in [6.07, 6.45) is 2.96. The lowest BCUT2D eigenvalue weighted by atomic mass is 10.3. The Morgan fingerprint density at radius 1 is 1.42 bits per heavy atom. The number of nitrogens with one attached hydrogen (secondary N) is 3. The summed E-state index contributed by atoms with van der Waals surface area (Å²) >= 11 is 0. The lowest BCUT2D eigenvalue weighted by Crippen LogP contribution is -2.45. The van der Waals surface area contributed by atoms with Crippen LogP contribution in [-0.4, -0.2) is 31.4 Å². The highest BCUT2D eigenvalue weighted by molar-refractivity contribution is 7.89. The monoisotopic (exact) mass is 285 g/mol. The van der Waals surface area contributed by atoms with Gasteiger partial charge in [-0.15, -0.1) is 0 Å². The van der Waals surface area contributed by atoms with Crippen molar-refractivity contribution in [3.63, 3.8) is 0 Å². The number of carbonyl (C=O) groups excluding carboxylic acids is 1. The highest BCUT2D eigenvalue weighted by Gasteiger charge is 2.28. The third-order valence-electron chi connectivity index (χ3n) is 2.71. The molecule has 0 saturated heterocycles. The van der Waals surface area contributed by atoms with Gasteiger partial charge in [0.15, 0.2) is 0 Å². The Kier molecular flexibility index (Phi) is 3.72. The predicted molar refractivity (Wildman–Crippen MR) is 68.0 cm³/mol. The van der Waals surface area contributed by atoms with Crippen LogP contribution in [0.3, 0.4) is 0 Å². The number of hydrogen-bond acceptors (Lipinski definition) is 4. The lowest BCUT2D eigenvalue weighted by Gasteiger charge is -2.13. The molecule has 1 amide bonds. The van der Waals surface area contributed by atoms with Crippen LogP contribution in [0.2, 0.25) is 0 Å². The maximum Gasteiger partial charge on any atom is 0.247 e. The normalized spacial score (nSPS) is 16.9. The zero-order valence-electron chi connectivity index (χ0n) is 10.3. The molecule has 0 aromatic carbocycles. The molecule has 0 radical (unpaired) electrons. The second kappa shape index (κ2) is 5.14. The number of rotatable bonds is 5. The van der Waals surface area contributed by atoms with Gasteiger partial charge in [0.2, 0.25) is 21.5 Å². The van der Waals surface area contributed by atoms with Crippen molar-refractivity contribution in [2.45, 2.75) is 36.7 Å². The van der Waals surface area contributed by atoms with Gasteiger partial charge in [0.05, 0.1) is 10.9 Å². The van der Waals surface area contributed by atoms with Gasteiger partial charge >= 0.3 is 0 Å². The minimum atomic E-state index is -3.82. The van der Waals surface area contributed by atoms with Crippen molar-refractivity contribution in [1.82, 2.24) is 15.0 Å². The third-order valence-corrected chi connectivity index (χ3v) is 4.25. The molecule has 0 aliphatic heterocycles. The van der Waals surface area contributed by atoms with Crippen LogP contribution in [0.25, 0.3) is 0 Å². The van der Waals surface area contributed by atoms with Crippen LogP contribution in [0.1, 0.15) is 19.8 Å². The smallest absolute Gasteiger partial charge is 0.247 e. The second-order valence-electron chi connectivity index (χ2n) is 4.51. The van der Waals surface area contributed by atoms with Gasteiger partial charge in [-0.05, 0) is 25.8 Å². The summed E-state index contributed by atoms with van der Waals surface area (Å²) in [4.78, 5) is 24.7. The molecule has 1 atom stereocenters. The molecule has 1 aliphatic rings. The number of aromatic nitrogens is 1. The van der Waals surface area contributed by atoms with Gasteiger partial charge in [0.1, 0.15) is 0 Å². The molecule has 104 valence electrons. The molecule has 1 aromatic heterocycles. The molecular weight excluding hydrogens is 270 g/mol. The first-order chi connectivity index (χ1) is 8.88. The predicted octanol–water partition coefficient (Wildman–Crippen LogP) is -0.680. The number of aromatic amines is 1. The van der Waals surface area contributed by atoms with Gasteiger partial charge in [-0.2, -0.15) is 4.72 Å². The minimum absolute atomic E-state index is 0.0850. The van der Waals surface area contributed by atoms with E-state index in [9.17, 15) is 18.0 Å². The van der Waals surface area contributed by atoms with Gasteiger partial charge in [-0.3, -0.25) is 9.59 Å². The molecule has 1 saturated carbocycles. The zero-order valence-corrected chi connectivity index (χ0v) is 11.2. The van der Waals surface area contributed by atoms with Crippen molar-refractivity contribution in [3.8, 4) is 0 Å². The van der Waals surface area contributed by atoms with Gasteiger partial charge in [0, 0.05) is 18.3 Å².